The molecule has 2 aromatic rings. The minimum Gasteiger partial charge on any atom is -0.550 e. The normalized spacial score (nSPS) is 15.7. The molecule has 0 amide bonds. The fourth-order valence-corrected chi connectivity index (χ4v) is 4.33. The van der Waals surface area contributed by atoms with Gasteiger partial charge in [-0.1, -0.05) is 48.5 Å². The van der Waals surface area contributed by atoms with Gasteiger partial charge >= 0.3 is 0 Å². The Morgan fingerprint density at radius 3 is 2.25 bits per heavy atom. The Morgan fingerprint density at radius 2 is 1.64 bits per heavy atom. The molecule has 3 rings (SSSR count). The third-order valence-electron chi connectivity index (χ3n) is 5.18. The van der Waals surface area contributed by atoms with Gasteiger partial charge in [0.1, 0.15) is 0 Å². The van der Waals surface area contributed by atoms with Crippen LogP contribution in [0.2, 0.25) is 0 Å². The molecule has 1 heterocycles. The first kappa shape index (κ1) is 20.4. The predicted octanol–water partition coefficient (Wildman–Crippen LogP) is 1.61. The maximum Gasteiger partial charge on any atom is 0.211 e. The molecule has 1 aliphatic heterocycles. The predicted molar refractivity (Wildman–Crippen MR) is 107 cm³/mol. The van der Waals surface area contributed by atoms with Crippen LogP contribution in [0.3, 0.4) is 0 Å². The van der Waals surface area contributed by atoms with Gasteiger partial charge in [-0.25, -0.2) is 8.42 Å². The highest BCUT2D eigenvalue weighted by Crippen LogP contribution is 2.28. The summed E-state index contributed by atoms with van der Waals surface area (Å²) in [6.07, 6.45) is 2.30. The summed E-state index contributed by atoms with van der Waals surface area (Å²) >= 11 is 0. The molecule has 28 heavy (non-hydrogen) atoms. The van der Waals surface area contributed by atoms with E-state index in [0.717, 1.165) is 16.8 Å². The standard InChI is InChI=1S/C21H26N2O4S/c1-28(26,27)23(15-17-7-3-2-4-8-17)16-19-9-5-6-10-20(19)22-13-11-18(12-14-22)21(24)25/h2-10,18H,11-16H2,1H3,(H,24,25)/p-1. The maximum absolute atomic E-state index is 12.4. The lowest BCUT2D eigenvalue weighted by Crippen LogP contribution is -2.41. The second-order valence-corrected chi connectivity index (χ2v) is 9.21. The minimum absolute atomic E-state index is 0.268. The number of carboxylic acid groups (broad SMARTS) is 1. The van der Waals surface area contributed by atoms with Gasteiger partial charge in [-0.2, -0.15) is 4.31 Å². The van der Waals surface area contributed by atoms with Crippen LogP contribution < -0.4 is 10.0 Å². The summed E-state index contributed by atoms with van der Waals surface area (Å²) in [6, 6.07) is 17.2. The summed E-state index contributed by atoms with van der Waals surface area (Å²) in [5.74, 6) is -1.40. The molecule has 0 radical (unpaired) electrons. The Balaban J connectivity index is 1.80. The van der Waals surface area contributed by atoms with Crippen LogP contribution in [0.1, 0.15) is 24.0 Å². The molecule has 150 valence electrons. The molecular weight excluding hydrogens is 376 g/mol. The van der Waals surface area contributed by atoms with Crippen molar-refractivity contribution in [2.75, 3.05) is 24.2 Å². The molecule has 0 N–H and O–H groups in total. The topological polar surface area (TPSA) is 80.8 Å². The zero-order chi connectivity index (χ0) is 20.1. The van der Waals surface area contributed by atoms with Gasteiger partial charge in [0.2, 0.25) is 10.0 Å². The SMILES string of the molecule is CS(=O)(=O)N(Cc1ccccc1)Cc1ccccc1N1CCC(C(=O)[O-])CC1. The van der Waals surface area contributed by atoms with Crippen molar-refractivity contribution in [3.63, 3.8) is 0 Å². The van der Waals surface area contributed by atoms with Gasteiger partial charge in [0.15, 0.2) is 0 Å². The van der Waals surface area contributed by atoms with E-state index in [0.29, 0.717) is 32.5 Å². The summed E-state index contributed by atoms with van der Waals surface area (Å²) in [5, 5.41) is 11.1. The number of benzene rings is 2. The summed E-state index contributed by atoms with van der Waals surface area (Å²) in [7, 11) is -3.40. The van der Waals surface area contributed by atoms with Crippen LogP contribution in [0.25, 0.3) is 0 Å². The second kappa shape index (κ2) is 8.75. The zero-order valence-electron chi connectivity index (χ0n) is 16.0. The molecule has 0 saturated carbocycles. The number of hydrogen-bond acceptors (Lipinski definition) is 5. The smallest absolute Gasteiger partial charge is 0.211 e. The number of carboxylic acids is 1. The van der Waals surface area contributed by atoms with Gasteiger partial charge in [-0.3, -0.25) is 0 Å². The van der Waals surface area contributed by atoms with Crippen molar-refractivity contribution in [2.24, 2.45) is 5.92 Å². The first-order valence-corrected chi connectivity index (χ1v) is 11.2. The van der Waals surface area contributed by atoms with E-state index in [4.69, 9.17) is 0 Å². The molecule has 6 nitrogen and oxygen atoms in total. The Labute approximate surface area is 166 Å². The number of carbonyl (C=O) groups is 1. The second-order valence-electron chi connectivity index (χ2n) is 7.23. The van der Waals surface area contributed by atoms with E-state index >= 15 is 0 Å². The van der Waals surface area contributed by atoms with Crippen molar-refractivity contribution in [3.8, 4) is 0 Å². The number of hydrogen-bond donors (Lipinski definition) is 0. The number of aliphatic carboxylic acids is 1. The van der Waals surface area contributed by atoms with E-state index in [9.17, 15) is 18.3 Å². The largest absolute Gasteiger partial charge is 0.550 e. The number of anilines is 1. The van der Waals surface area contributed by atoms with Crippen LogP contribution in [0.15, 0.2) is 54.6 Å². The van der Waals surface area contributed by atoms with Crippen molar-refractivity contribution in [2.45, 2.75) is 25.9 Å². The van der Waals surface area contributed by atoms with Gasteiger partial charge in [0.05, 0.1) is 6.26 Å². The molecule has 0 unspecified atom stereocenters. The molecular formula is C21H25N2O4S-. The number of rotatable bonds is 7. The average Bonchev–Trinajstić information content (AvgIpc) is 2.68. The molecule has 0 aliphatic carbocycles. The summed E-state index contributed by atoms with van der Waals surface area (Å²) in [6.45, 7) is 1.81. The van der Waals surface area contributed by atoms with E-state index in [1.165, 1.54) is 10.6 Å². The first-order valence-electron chi connectivity index (χ1n) is 9.37. The molecule has 2 aromatic carbocycles. The van der Waals surface area contributed by atoms with Crippen molar-refractivity contribution in [1.29, 1.82) is 0 Å². The minimum atomic E-state index is -3.40. The Hall–Kier alpha value is -2.38. The highest BCUT2D eigenvalue weighted by atomic mass is 32.2. The number of carbonyl (C=O) groups excluding carboxylic acids is 1. The van der Waals surface area contributed by atoms with E-state index in [2.05, 4.69) is 4.90 Å². The van der Waals surface area contributed by atoms with E-state index < -0.39 is 21.9 Å². The lowest BCUT2D eigenvalue weighted by atomic mass is 9.96. The molecule has 1 aliphatic rings. The number of nitrogens with zero attached hydrogens (tertiary/aromatic N) is 2. The zero-order valence-corrected chi connectivity index (χ0v) is 16.8. The maximum atomic E-state index is 12.4. The Morgan fingerprint density at radius 1 is 1.04 bits per heavy atom. The molecule has 0 aromatic heterocycles. The van der Waals surface area contributed by atoms with Gasteiger partial charge in [-0.05, 0) is 30.0 Å². The van der Waals surface area contributed by atoms with Crippen LogP contribution in [-0.4, -0.2) is 38.0 Å². The third-order valence-corrected chi connectivity index (χ3v) is 6.37. The molecule has 1 saturated heterocycles. The molecule has 1 fully saturated rings. The van der Waals surface area contributed by atoms with Crippen molar-refractivity contribution >= 4 is 21.7 Å². The Bertz CT molecular complexity index is 907. The lowest BCUT2D eigenvalue weighted by molar-refractivity contribution is -0.312. The molecule has 0 atom stereocenters. The third kappa shape index (κ3) is 5.11. The molecule has 0 spiro atoms. The van der Waals surface area contributed by atoms with E-state index in [1.807, 2.05) is 54.6 Å². The highest BCUT2D eigenvalue weighted by Gasteiger charge is 2.24. The first-order chi connectivity index (χ1) is 13.3. The number of sulfonamides is 1. The van der Waals surface area contributed by atoms with Gasteiger partial charge in [0, 0.05) is 43.8 Å². The van der Waals surface area contributed by atoms with Crippen molar-refractivity contribution in [3.05, 3.63) is 65.7 Å². The van der Waals surface area contributed by atoms with Crippen LogP contribution in [0, 0.1) is 5.92 Å². The Kier molecular flexibility index (Phi) is 6.36. The quantitative estimate of drug-likeness (QED) is 0.704. The van der Waals surface area contributed by atoms with Crippen LogP contribution >= 0.6 is 0 Å². The summed E-state index contributed by atoms with van der Waals surface area (Å²) in [5.41, 5.74) is 2.80. The highest BCUT2D eigenvalue weighted by molar-refractivity contribution is 7.88. The van der Waals surface area contributed by atoms with Crippen LogP contribution in [0.5, 0.6) is 0 Å². The van der Waals surface area contributed by atoms with E-state index in [1.54, 1.807) is 0 Å². The van der Waals surface area contributed by atoms with Crippen LogP contribution in [0.4, 0.5) is 5.69 Å². The van der Waals surface area contributed by atoms with Gasteiger partial charge in [-0.15, -0.1) is 0 Å². The van der Waals surface area contributed by atoms with E-state index in [-0.39, 0.29) is 6.54 Å². The molecule has 0 bridgehead atoms. The number of piperidine rings is 1. The summed E-state index contributed by atoms with van der Waals surface area (Å²) < 4.78 is 26.2. The monoisotopic (exact) mass is 401 g/mol. The lowest BCUT2D eigenvalue weighted by Gasteiger charge is -2.35. The molecule has 7 heteroatoms. The summed E-state index contributed by atoms with van der Waals surface area (Å²) in [4.78, 5) is 13.2. The average molecular weight is 402 g/mol. The van der Waals surface area contributed by atoms with Crippen LogP contribution in [-0.2, 0) is 27.9 Å². The fraction of sp³-hybridized carbons (Fsp3) is 0.381. The van der Waals surface area contributed by atoms with Gasteiger partial charge in [0.25, 0.3) is 0 Å². The van der Waals surface area contributed by atoms with Gasteiger partial charge < -0.3 is 14.8 Å². The van der Waals surface area contributed by atoms with Crippen molar-refractivity contribution < 1.29 is 18.3 Å². The fourth-order valence-electron chi connectivity index (χ4n) is 3.58. The van der Waals surface area contributed by atoms with Crippen molar-refractivity contribution in [1.82, 2.24) is 4.31 Å². The number of para-hydroxylation sites is 1.